The Balaban J connectivity index is 1.80. The molecule has 34 heavy (non-hydrogen) atoms. The molecule has 1 aliphatic rings. The summed E-state index contributed by atoms with van der Waals surface area (Å²) in [6.07, 6.45) is 1.96. The maximum absolute atomic E-state index is 13.3. The van der Waals surface area contributed by atoms with Gasteiger partial charge in [0.1, 0.15) is 5.60 Å². The van der Waals surface area contributed by atoms with Crippen molar-refractivity contribution in [1.82, 2.24) is 4.90 Å². The SMILES string of the molecule is CCCN(C(=O)OC(C)(C)C)C1Cc2ccc(N(C)S(=O)(=O)c3ccc(C(C)C)cc3)cc2C1. The van der Waals surface area contributed by atoms with E-state index < -0.39 is 15.6 Å². The Labute approximate surface area is 205 Å². The van der Waals surface area contributed by atoms with Crippen molar-refractivity contribution in [2.24, 2.45) is 0 Å². The molecule has 0 radical (unpaired) electrons. The van der Waals surface area contributed by atoms with Crippen molar-refractivity contribution >= 4 is 21.8 Å². The smallest absolute Gasteiger partial charge is 0.410 e. The third-order valence-corrected chi connectivity index (χ3v) is 8.00. The maximum atomic E-state index is 13.3. The first kappa shape index (κ1) is 26.1. The van der Waals surface area contributed by atoms with E-state index in [1.807, 2.05) is 62.9 Å². The number of nitrogens with zero attached hydrogens (tertiary/aromatic N) is 2. The minimum atomic E-state index is -3.68. The van der Waals surface area contributed by atoms with E-state index in [2.05, 4.69) is 13.8 Å². The minimum Gasteiger partial charge on any atom is -0.444 e. The Hall–Kier alpha value is -2.54. The van der Waals surface area contributed by atoms with Gasteiger partial charge in [0.25, 0.3) is 10.0 Å². The van der Waals surface area contributed by atoms with Crippen molar-refractivity contribution in [1.29, 1.82) is 0 Å². The Morgan fingerprint density at radius 3 is 2.24 bits per heavy atom. The first-order valence-corrected chi connectivity index (χ1v) is 13.5. The van der Waals surface area contributed by atoms with Gasteiger partial charge in [-0.15, -0.1) is 0 Å². The van der Waals surface area contributed by atoms with Crippen LogP contribution in [0.5, 0.6) is 0 Å². The summed E-state index contributed by atoms with van der Waals surface area (Å²) in [4.78, 5) is 14.9. The average molecular weight is 487 g/mol. The quantitative estimate of drug-likeness (QED) is 0.500. The number of rotatable bonds is 7. The summed E-state index contributed by atoms with van der Waals surface area (Å²) in [5.74, 6) is 0.340. The van der Waals surface area contributed by atoms with Gasteiger partial charge in [-0.1, -0.05) is 39.0 Å². The normalized spacial score (nSPS) is 15.8. The van der Waals surface area contributed by atoms with E-state index in [9.17, 15) is 13.2 Å². The molecule has 1 amide bonds. The van der Waals surface area contributed by atoms with Crippen LogP contribution in [0.3, 0.4) is 0 Å². The van der Waals surface area contributed by atoms with Crippen LogP contribution in [0.1, 0.15) is 70.6 Å². The molecule has 0 saturated carbocycles. The Kier molecular flexibility index (Phi) is 7.65. The highest BCUT2D eigenvalue weighted by Crippen LogP contribution is 2.32. The Morgan fingerprint density at radius 1 is 1.06 bits per heavy atom. The van der Waals surface area contributed by atoms with Gasteiger partial charge in [-0.25, -0.2) is 13.2 Å². The van der Waals surface area contributed by atoms with Crippen LogP contribution in [0.4, 0.5) is 10.5 Å². The molecule has 1 unspecified atom stereocenters. The lowest BCUT2D eigenvalue weighted by Crippen LogP contribution is -2.44. The van der Waals surface area contributed by atoms with E-state index in [4.69, 9.17) is 4.74 Å². The Morgan fingerprint density at radius 2 is 1.68 bits per heavy atom. The average Bonchev–Trinajstić information content (AvgIpc) is 3.18. The van der Waals surface area contributed by atoms with Crippen molar-refractivity contribution in [2.75, 3.05) is 17.9 Å². The van der Waals surface area contributed by atoms with E-state index in [0.717, 1.165) is 29.5 Å². The number of ether oxygens (including phenoxy) is 1. The summed E-state index contributed by atoms with van der Waals surface area (Å²) >= 11 is 0. The fourth-order valence-corrected chi connectivity index (χ4v) is 5.49. The summed E-state index contributed by atoms with van der Waals surface area (Å²) in [6, 6.07) is 12.9. The number of sulfonamides is 1. The number of carbonyl (C=O) groups excluding carboxylic acids is 1. The molecule has 0 aliphatic heterocycles. The molecule has 7 heteroatoms. The van der Waals surface area contributed by atoms with Gasteiger partial charge in [0, 0.05) is 19.6 Å². The van der Waals surface area contributed by atoms with Crippen LogP contribution in [0.25, 0.3) is 0 Å². The summed E-state index contributed by atoms with van der Waals surface area (Å²) in [5.41, 5.74) is 3.39. The van der Waals surface area contributed by atoms with Crippen LogP contribution in [0.2, 0.25) is 0 Å². The number of anilines is 1. The number of fused-ring (bicyclic) bond motifs is 1. The van der Waals surface area contributed by atoms with E-state index in [1.54, 1.807) is 19.2 Å². The Bertz CT molecular complexity index is 1120. The van der Waals surface area contributed by atoms with Gasteiger partial charge in [-0.05, 0) is 86.9 Å². The zero-order valence-electron chi connectivity index (χ0n) is 21.5. The van der Waals surface area contributed by atoms with Crippen LogP contribution < -0.4 is 4.31 Å². The molecule has 186 valence electrons. The van der Waals surface area contributed by atoms with Crippen molar-refractivity contribution in [3.8, 4) is 0 Å². The zero-order chi connectivity index (χ0) is 25.3. The lowest BCUT2D eigenvalue weighted by molar-refractivity contribution is 0.0169. The summed E-state index contributed by atoms with van der Waals surface area (Å²) in [7, 11) is -2.09. The second-order valence-electron chi connectivity index (χ2n) is 10.4. The molecule has 0 fully saturated rings. The molecule has 3 rings (SSSR count). The minimum absolute atomic E-state index is 0.00513. The number of benzene rings is 2. The van der Waals surface area contributed by atoms with E-state index in [0.29, 0.717) is 24.6 Å². The zero-order valence-corrected chi connectivity index (χ0v) is 22.3. The van der Waals surface area contributed by atoms with E-state index in [-0.39, 0.29) is 17.0 Å². The lowest BCUT2D eigenvalue weighted by atomic mass is 10.0. The summed E-state index contributed by atoms with van der Waals surface area (Å²) in [6.45, 7) is 12.5. The van der Waals surface area contributed by atoms with Crippen LogP contribution >= 0.6 is 0 Å². The van der Waals surface area contributed by atoms with Crippen LogP contribution in [0, 0.1) is 0 Å². The first-order valence-electron chi connectivity index (χ1n) is 12.0. The lowest BCUT2D eigenvalue weighted by Gasteiger charge is -2.31. The molecule has 0 heterocycles. The molecule has 0 N–H and O–H groups in total. The van der Waals surface area contributed by atoms with Crippen molar-refractivity contribution < 1.29 is 17.9 Å². The molecular weight excluding hydrogens is 448 g/mol. The topological polar surface area (TPSA) is 66.9 Å². The highest BCUT2D eigenvalue weighted by Gasteiger charge is 2.33. The van der Waals surface area contributed by atoms with Crippen LogP contribution in [-0.4, -0.2) is 44.6 Å². The van der Waals surface area contributed by atoms with Crippen molar-refractivity contribution in [2.45, 2.75) is 83.3 Å². The third kappa shape index (κ3) is 5.74. The number of hydrogen-bond donors (Lipinski definition) is 0. The largest absolute Gasteiger partial charge is 0.444 e. The molecule has 0 bridgehead atoms. The summed E-state index contributed by atoms with van der Waals surface area (Å²) in [5, 5.41) is 0. The second-order valence-corrected chi connectivity index (χ2v) is 12.4. The molecule has 2 aromatic carbocycles. The number of amides is 1. The highest BCUT2D eigenvalue weighted by atomic mass is 32.2. The van der Waals surface area contributed by atoms with Crippen LogP contribution in [-0.2, 0) is 27.6 Å². The van der Waals surface area contributed by atoms with Gasteiger partial charge in [0.15, 0.2) is 0 Å². The molecule has 0 spiro atoms. The van der Waals surface area contributed by atoms with Gasteiger partial charge in [-0.2, -0.15) is 0 Å². The molecule has 0 saturated heterocycles. The number of carbonyl (C=O) groups is 1. The highest BCUT2D eigenvalue weighted by molar-refractivity contribution is 7.92. The van der Waals surface area contributed by atoms with Crippen molar-refractivity contribution in [3.05, 3.63) is 59.2 Å². The van der Waals surface area contributed by atoms with Gasteiger partial charge in [0.05, 0.1) is 10.6 Å². The molecule has 0 aromatic heterocycles. The maximum Gasteiger partial charge on any atom is 0.410 e. The van der Waals surface area contributed by atoms with Crippen molar-refractivity contribution in [3.63, 3.8) is 0 Å². The summed E-state index contributed by atoms with van der Waals surface area (Å²) < 4.78 is 33.5. The third-order valence-electron chi connectivity index (χ3n) is 6.20. The molecule has 1 atom stereocenters. The first-order chi connectivity index (χ1) is 15.8. The predicted octanol–water partition coefficient (Wildman–Crippen LogP) is 5.75. The molecule has 6 nitrogen and oxygen atoms in total. The van der Waals surface area contributed by atoms with Gasteiger partial charge >= 0.3 is 6.09 Å². The monoisotopic (exact) mass is 486 g/mol. The molecule has 2 aromatic rings. The molecular formula is C27H38N2O4S. The van der Waals surface area contributed by atoms with Gasteiger partial charge in [0.2, 0.25) is 0 Å². The number of hydrogen-bond acceptors (Lipinski definition) is 4. The fraction of sp³-hybridized carbons (Fsp3) is 0.519. The standard InChI is InChI=1S/C27H38N2O4S/c1-8-15-29(26(30)33-27(4,5)6)24-16-21-9-12-23(17-22(21)18-24)28(7)34(31,32)25-13-10-20(11-14-25)19(2)3/h9-14,17,19,24H,8,15-16,18H2,1-7H3. The van der Waals surface area contributed by atoms with E-state index in [1.165, 1.54) is 4.31 Å². The van der Waals surface area contributed by atoms with Gasteiger partial charge < -0.3 is 9.64 Å². The van der Waals surface area contributed by atoms with Crippen LogP contribution in [0.15, 0.2) is 47.4 Å². The fourth-order valence-electron chi connectivity index (χ4n) is 4.30. The van der Waals surface area contributed by atoms with Gasteiger partial charge in [-0.3, -0.25) is 4.31 Å². The van der Waals surface area contributed by atoms with E-state index >= 15 is 0 Å². The predicted molar refractivity (Wildman–Crippen MR) is 137 cm³/mol. The second kappa shape index (κ2) is 9.98. The molecule has 1 aliphatic carbocycles.